The van der Waals surface area contributed by atoms with Crippen LogP contribution in [0.3, 0.4) is 0 Å². The Hall–Kier alpha value is -0.320. The maximum atomic E-state index is 12.4. The first kappa shape index (κ1) is 16.7. The number of halogens is 1. The second kappa shape index (κ2) is 7.46. The Bertz CT molecular complexity index is 296. The van der Waals surface area contributed by atoms with Crippen LogP contribution in [0, 0.1) is 0 Å². The van der Waals surface area contributed by atoms with Gasteiger partial charge in [-0.1, -0.05) is 0 Å². The van der Waals surface area contributed by atoms with E-state index in [1.54, 1.807) is 0 Å². The summed E-state index contributed by atoms with van der Waals surface area (Å²) < 4.78 is 0. The summed E-state index contributed by atoms with van der Waals surface area (Å²) in [6, 6.07) is 1.33. The van der Waals surface area contributed by atoms with Gasteiger partial charge in [0.2, 0.25) is 5.91 Å². The number of likely N-dealkylation sites (tertiary alicyclic amines) is 1. The van der Waals surface area contributed by atoms with Gasteiger partial charge in [0.15, 0.2) is 0 Å². The molecule has 2 aliphatic rings. The first-order chi connectivity index (χ1) is 8.65. The molecular formula is C14H28ClN3O. The predicted octanol–water partition coefficient (Wildman–Crippen LogP) is 1.49. The maximum absolute atomic E-state index is 12.4. The molecule has 3 atom stereocenters. The third kappa shape index (κ3) is 3.83. The fourth-order valence-corrected chi connectivity index (χ4v) is 3.28. The van der Waals surface area contributed by atoms with E-state index in [1.165, 1.54) is 19.3 Å². The smallest absolute Gasteiger partial charge is 0.239 e. The zero-order valence-corrected chi connectivity index (χ0v) is 13.2. The number of carbonyl (C=O) groups excluding carboxylic acids is 1. The van der Waals surface area contributed by atoms with Gasteiger partial charge in [0.05, 0.1) is 6.04 Å². The molecule has 3 unspecified atom stereocenters. The number of rotatable bonds is 4. The number of amides is 1. The lowest BCUT2D eigenvalue weighted by atomic mass is 10.1. The van der Waals surface area contributed by atoms with Crippen LogP contribution in [0.2, 0.25) is 0 Å². The second-order valence-electron chi connectivity index (χ2n) is 5.61. The van der Waals surface area contributed by atoms with Crippen LogP contribution in [0.25, 0.3) is 0 Å². The van der Waals surface area contributed by atoms with E-state index in [0.717, 1.165) is 26.2 Å². The summed E-state index contributed by atoms with van der Waals surface area (Å²) >= 11 is 0. The van der Waals surface area contributed by atoms with E-state index < -0.39 is 0 Å². The molecule has 0 aromatic rings. The Morgan fingerprint density at radius 3 is 2.53 bits per heavy atom. The highest BCUT2D eigenvalue weighted by Gasteiger charge is 2.33. The molecular weight excluding hydrogens is 262 g/mol. The fraction of sp³-hybridized carbons (Fsp3) is 0.929. The first-order valence-corrected chi connectivity index (χ1v) is 7.44. The maximum Gasteiger partial charge on any atom is 0.239 e. The van der Waals surface area contributed by atoms with Crippen LogP contribution in [0.5, 0.6) is 0 Å². The quantitative estimate of drug-likeness (QED) is 0.852. The van der Waals surface area contributed by atoms with Crippen molar-refractivity contribution in [2.45, 2.75) is 58.2 Å². The summed E-state index contributed by atoms with van der Waals surface area (Å²) in [6.07, 6.45) is 3.77. The van der Waals surface area contributed by atoms with Crippen molar-refractivity contribution in [3.05, 3.63) is 0 Å². The van der Waals surface area contributed by atoms with Crippen molar-refractivity contribution in [1.82, 2.24) is 15.1 Å². The molecule has 0 aromatic carbocycles. The van der Waals surface area contributed by atoms with Crippen LogP contribution in [0.1, 0.15) is 40.0 Å². The van der Waals surface area contributed by atoms with Gasteiger partial charge in [-0.2, -0.15) is 0 Å². The van der Waals surface area contributed by atoms with E-state index in [1.807, 2.05) is 4.90 Å². The lowest BCUT2D eigenvalue weighted by Crippen LogP contribution is -2.49. The number of nitrogens with zero attached hydrogens (tertiary/aromatic N) is 2. The summed E-state index contributed by atoms with van der Waals surface area (Å²) in [6.45, 7) is 9.91. The number of hydrogen-bond acceptors (Lipinski definition) is 3. The predicted molar refractivity (Wildman–Crippen MR) is 80.8 cm³/mol. The van der Waals surface area contributed by atoms with Crippen molar-refractivity contribution in [2.24, 2.45) is 0 Å². The van der Waals surface area contributed by atoms with Crippen LogP contribution in [-0.4, -0.2) is 60.0 Å². The minimum Gasteiger partial charge on any atom is -0.342 e. The minimum absolute atomic E-state index is 0. The van der Waals surface area contributed by atoms with Crippen molar-refractivity contribution >= 4 is 18.3 Å². The second-order valence-corrected chi connectivity index (χ2v) is 5.61. The van der Waals surface area contributed by atoms with Gasteiger partial charge in [0, 0.05) is 38.3 Å². The molecule has 2 saturated heterocycles. The van der Waals surface area contributed by atoms with Gasteiger partial charge in [-0.15, -0.1) is 12.4 Å². The van der Waals surface area contributed by atoms with Gasteiger partial charge in [-0.25, -0.2) is 0 Å². The third-order valence-corrected chi connectivity index (χ3v) is 4.53. The highest BCUT2D eigenvalue weighted by molar-refractivity contribution is 5.85. The van der Waals surface area contributed by atoms with Crippen molar-refractivity contribution in [3.63, 3.8) is 0 Å². The topological polar surface area (TPSA) is 35.6 Å². The SMILES string of the molecule is CCN(CC)C(=O)C(C)N1CCC2CCC(C1)N2.Cl. The molecule has 19 heavy (non-hydrogen) atoms. The molecule has 112 valence electrons. The van der Waals surface area contributed by atoms with Gasteiger partial charge in [-0.3, -0.25) is 9.69 Å². The minimum atomic E-state index is 0. The molecule has 0 aliphatic carbocycles. The van der Waals surface area contributed by atoms with Crippen LogP contribution >= 0.6 is 12.4 Å². The van der Waals surface area contributed by atoms with E-state index in [0.29, 0.717) is 12.1 Å². The van der Waals surface area contributed by atoms with E-state index in [2.05, 4.69) is 31.0 Å². The summed E-state index contributed by atoms with van der Waals surface area (Å²) in [5.41, 5.74) is 0. The van der Waals surface area contributed by atoms with E-state index >= 15 is 0 Å². The summed E-state index contributed by atoms with van der Waals surface area (Å²) in [5, 5.41) is 3.67. The molecule has 0 saturated carbocycles. The first-order valence-electron chi connectivity index (χ1n) is 7.44. The van der Waals surface area contributed by atoms with E-state index in [-0.39, 0.29) is 24.4 Å². The summed E-state index contributed by atoms with van der Waals surface area (Å²) in [5.74, 6) is 0.290. The number of fused-ring (bicyclic) bond motifs is 2. The normalized spacial score (nSPS) is 28.4. The zero-order valence-electron chi connectivity index (χ0n) is 12.4. The lowest BCUT2D eigenvalue weighted by Gasteiger charge is -2.32. The fourth-order valence-electron chi connectivity index (χ4n) is 3.28. The van der Waals surface area contributed by atoms with Gasteiger partial charge in [0.25, 0.3) is 0 Å². The Morgan fingerprint density at radius 1 is 1.26 bits per heavy atom. The molecule has 0 spiro atoms. The van der Waals surface area contributed by atoms with Crippen molar-refractivity contribution in [1.29, 1.82) is 0 Å². The Labute approximate surface area is 123 Å². The summed E-state index contributed by atoms with van der Waals surface area (Å²) in [7, 11) is 0. The third-order valence-electron chi connectivity index (χ3n) is 4.53. The van der Waals surface area contributed by atoms with Crippen molar-refractivity contribution < 1.29 is 4.79 Å². The van der Waals surface area contributed by atoms with E-state index in [9.17, 15) is 4.79 Å². The molecule has 1 N–H and O–H groups in total. The molecule has 2 bridgehead atoms. The van der Waals surface area contributed by atoms with Crippen LogP contribution in [0.15, 0.2) is 0 Å². The molecule has 2 heterocycles. The van der Waals surface area contributed by atoms with Crippen LogP contribution < -0.4 is 5.32 Å². The largest absolute Gasteiger partial charge is 0.342 e. The monoisotopic (exact) mass is 289 g/mol. The molecule has 1 amide bonds. The molecule has 4 nitrogen and oxygen atoms in total. The van der Waals surface area contributed by atoms with Gasteiger partial charge < -0.3 is 10.2 Å². The molecule has 2 aliphatic heterocycles. The average molecular weight is 290 g/mol. The zero-order chi connectivity index (χ0) is 13.1. The van der Waals surface area contributed by atoms with E-state index in [4.69, 9.17) is 0 Å². The highest BCUT2D eigenvalue weighted by Crippen LogP contribution is 2.22. The van der Waals surface area contributed by atoms with Crippen LogP contribution in [0.4, 0.5) is 0 Å². The van der Waals surface area contributed by atoms with Gasteiger partial charge in [0.1, 0.15) is 0 Å². The Kier molecular flexibility index (Phi) is 6.57. The molecule has 2 fully saturated rings. The van der Waals surface area contributed by atoms with Gasteiger partial charge in [-0.05, 0) is 40.0 Å². The number of hydrogen-bond donors (Lipinski definition) is 1. The molecule has 2 rings (SSSR count). The Morgan fingerprint density at radius 2 is 1.89 bits per heavy atom. The number of nitrogens with one attached hydrogen (secondary N) is 1. The number of likely N-dealkylation sites (N-methyl/N-ethyl adjacent to an activating group) is 1. The highest BCUT2D eigenvalue weighted by atomic mass is 35.5. The van der Waals surface area contributed by atoms with Crippen LogP contribution in [-0.2, 0) is 4.79 Å². The molecule has 0 aromatic heterocycles. The average Bonchev–Trinajstić information content (AvgIpc) is 2.69. The Balaban J connectivity index is 0.00000180. The lowest BCUT2D eigenvalue weighted by molar-refractivity contribution is -0.136. The standard InChI is InChI=1S/C14H27N3O.ClH/c1-4-16(5-2)14(18)11(3)17-9-8-12-6-7-13(10-17)15-12;/h11-13,15H,4-10H2,1-3H3;1H. The van der Waals surface area contributed by atoms with Gasteiger partial charge >= 0.3 is 0 Å². The number of carbonyl (C=O) groups is 1. The summed E-state index contributed by atoms with van der Waals surface area (Å²) in [4.78, 5) is 16.7. The molecule has 0 radical (unpaired) electrons. The molecule has 5 heteroatoms. The van der Waals surface area contributed by atoms with Crippen molar-refractivity contribution in [2.75, 3.05) is 26.2 Å². The van der Waals surface area contributed by atoms with Crippen molar-refractivity contribution in [3.8, 4) is 0 Å².